The summed E-state index contributed by atoms with van der Waals surface area (Å²) in [6.45, 7) is 7.24. The topological polar surface area (TPSA) is 20.3 Å². The van der Waals surface area contributed by atoms with Crippen molar-refractivity contribution in [2.45, 2.75) is 65.1 Å². The number of rotatable bonds is 3. The first-order valence-corrected chi connectivity index (χ1v) is 8.29. The van der Waals surface area contributed by atoms with Gasteiger partial charge in [0.25, 0.3) is 0 Å². The predicted molar refractivity (Wildman–Crippen MR) is 86.0 cm³/mol. The molecule has 0 aliphatic carbocycles. The van der Waals surface area contributed by atoms with Gasteiger partial charge in [-0.25, -0.2) is 0 Å². The molecule has 2 unspecified atom stereocenters. The van der Waals surface area contributed by atoms with Crippen molar-refractivity contribution in [2.75, 3.05) is 0 Å². The third-order valence-electron chi connectivity index (χ3n) is 5.20. The van der Waals surface area contributed by atoms with E-state index in [1.807, 2.05) is 0 Å². The number of carbonyl (C=O) groups is 1. The molecule has 2 heterocycles. The lowest BCUT2D eigenvalue weighted by molar-refractivity contribution is -0.133. The number of hydrogen-bond acceptors (Lipinski definition) is 2. The number of hydrogen-bond donors (Lipinski definition) is 0. The summed E-state index contributed by atoms with van der Waals surface area (Å²) in [6.07, 6.45) is 4.68. The summed E-state index contributed by atoms with van der Waals surface area (Å²) in [6, 6.07) is 12.0. The molecule has 114 valence electrons. The van der Waals surface area contributed by atoms with E-state index in [1.165, 1.54) is 18.4 Å². The molecule has 21 heavy (non-hydrogen) atoms. The fourth-order valence-corrected chi connectivity index (χ4v) is 4.15. The van der Waals surface area contributed by atoms with Crippen molar-refractivity contribution in [2.24, 2.45) is 11.3 Å². The Morgan fingerprint density at radius 3 is 2.19 bits per heavy atom. The van der Waals surface area contributed by atoms with Crippen LogP contribution in [0.15, 0.2) is 30.3 Å². The molecular weight excluding hydrogens is 258 g/mol. The van der Waals surface area contributed by atoms with Gasteiger partial charge in [-0.3, -0.25) is 9.69 Å². The van der Waals surface area contributed by atoms with Crippen molar-refractivity contribution in [3.8, 4) is 0 Å². The van der Waals surface area contributed by atoms with Gasteiger partial charge in [-0.05, 0) is 31.2 Å². The normalized spacial score (nSPS) is 29.6. The summed E-state index contributed by atoms with van der Waals surface area (Å²) < 4.78 is 0. The Bertz CT molecular complexity index is 488. The minimum absolute atomic E-state index is 0.189. The average Bonchev–Trinajstić information content (AvgIpc) is 2.69. The predicted octanol–water partition coefficient (Wildman–Crippen LogP) is 4.04. The van der Waals surface area contributed by atoms with E-state index in [4.69, 9.17) is 0 Å². The summed E-state index contributed by atoms with van der Waals surface area (Å²) in [5.74, 6) is 0.758. The lowest BCUT2D eigenvalue weighted by atomic mass is 9.77. The van der Waals surface area contributed by atoms with Gasteiger partial charge in [-0.2, -0.15) is 0 Å². The van der Waals surface area contributed by atoms with Crippen LogP contribution in [0.1, 0.15) is 52.0 Å². The molecule has 2 heteroatoms. The number of piperidine rings is 1. The fourth-order valence-electron chi connectivity index (χ4n) is 4.15. The van der Waals surface area contributed by atoms with E-state index in [1.54, 1.807) is 0 Å². The Kier molecular flexibility index (Phi) is 3.92. The second-order valence-electron chi connectivity index (χ2n) is 7.83. The lowest BCUT2D eigenvalue weighted by Crippen LogP contribution is -2.45. The summed E-state index contributed by atoms with van der Waals surface area (Å²) in [7, 11) is 0. The minimum atomic E-state index is -0.189. The zero-order valence-corrected chi connectivity index (χ0v) is 13.5. The van der Waals surface area contributed by atoms with E-state index < -0.39 is 0 Å². The maximum Gasteiger partial charge on any atom is 0.141 e. The van der Waals surface area contributed by atoms with E-state index in [2.05, 4.69) is 56.0 Å². The van der Waals surface area contributed by atoms with Gasteiger partial charge in [0.2, 0.25) is 0 Å². The Balaban J connectivity index is 1.69. The van der Waals surface area contributed by atoms with Crippen LogP contribution >= 0.6 is 0 Å². The Morgan fingerprint density at radius 1 is 1.10 bits per heavy atom. The highest BCUT2D eigenvalue weighted by molar-refractivity contribution is 5.86. The molecule has 0 saturated carbocycles. The number of fused-ring (bicyclic) bond motifs is 2. The smallest absolute Gasteiger partial charge is 0.141 e. The third-order valence-corrected chi connectivity index (χ3v) is 5.20. The largest absolute Gasteiger partial charge is 0.299 e. The van der Waals surface area contributed by atoms with E-state index >= 15 is 0 Å². The maximum absolute atomic E-state index is 12.6. The zero-order valence-electron chi connectivity index (χ0n) is 13.5. The average molecular weight is 285 g/mol. The molecular formula is C19H27NO. The second kappa shape index (κ2) is 5.57. The van der Waals surface area contributed by atoms with E-state index in [9.17, 15) is 4.79 Å². The molecule has 2 nitrogen and oxygen atoms in total. The van der Waals surface area contributed by atoms with Gasteiger partial charge in [0.05, 0.1) is 0 Å². The summed E-state index contributed by atoms with van der Waals surface area (Å²) >= 11 is 0. The minimum Gasteiger partial charge on any atom is -0.299 e. The van der Waals surface area contributed by atoms with Crippen LogP contribution in [0.2, 0.25) is 0 Å². The SMILES string of the molecule is CC(C)(C)C(=O)C1CC2CCC(C1)N2Cc1ccccc1. The quantitative estimate of drug-likeness (QED) is 0.835. The first kappa shape index (κ1) is 14.8. The standard InChI is InChI=1S/C19H27NO/c1-19(2,3)18(21)15-11-16-9-10-17(12-15)20(16)13-14-7-5-4-6-8-14/h4-8,15-17H,9-13H2,1-3H3. The van der Waals surface area contributed by atoms with Crippen LogP contribution in [0.25, 0.3) is 0 Å². The van der Waals surface area contributed by atoms with Crippen molar-refractivity contribution in [1.82, 2.24) is 4.90 Å². The van der Waals surface area contributed by atoms with Crippen LogP contribution < -0.4 is 0 Å². The Labute approximate surface area is 128 Å². The van der Waals surface area contributed by atoms with Gasteiger partial charge in [0.15, 0.2) is 0 Å². The Hall–Kier alpha value is -1.15. The molecule has 2 bridgehead atoms. The van der Waals surface area contributed by atoms with Crippen molar-refractivity contribution < 1.29 is 4.79 Å². The van der Waals surface area contributed by atoms with E-state index in [-0.39, 0.29) is 11.3 Å². The van der Waals surface area contributed by atoms with Gasteiger partial charge in [-0.15, -0.1) is 0 Å². The van der Waals surface area contributed by atoms with Gasteiger partial charge < -0.3 is 0 Å². The highest BCUT2D eigenvalue weighted by Gasteiger charge is 2.44. The molecule has 0 amide bonds. The molecule has 0 spiro atoms. The molecule has 2 saturated heterocycles. The monoisotopic (exact) mass is 285 g/mol. The van der Waals surface area contributed by atoms with Crippen molar-refractivity contribution in [3.05, 3.63) is 35.9 Å². The second-order valence-corrected chi connectivity index (χ2v) is 7.83. The van der Waals surface area contributed by atoms with Crippen LogP contribution in [0.3, 0.4) is 0 Å². The zero-order chi connectivity index (χ0) is 15.0. The first-order valence-electron chi connectivity index (χ1n) is 8.29. The van der Waals surface area contributed by atoms with Crippen molar-refractivity contribution >= 4 is 5.78 Å². The number of nitrogens with zero attached hydrogens (tertiary/aromatic N) is 1. The lowest BCUT2D eigenvalue weighted by Gasteiger charge is -2.40. The van der Waals surface area contributed by atoms with Gasteiger partial charge in [-0.1, -0.05) is 51.1 Å². The number of Topliss-reactive ketones (excluding diaryl/α,β-unsaturated/α-hetero) is 1. The van der Waals surface area contributed by atoms with Crippen molar-refractivity contribution in [1.29, 1.82) is 0 Å². The van der Waals surface area contributed by atoms with Gasteiger partial charge >= 0.3 is 0 Å². The van der Waals surface area contributed by atoms with Crippen LogP contribution in [0, 0.1) is 11.3 Å². The number of carbonyl (C=O) groups excluding carboxylic acids is 1. The molecule has 0 radical (unpaired) electrons. The highest BCUT2D eigenvalue weighted by Crippen LogP contribution is 2.41. The van der Waals surface area contributed by atoms with Crippen LogP contribution in [-0.2, 0) is 11.3 Å². The van der Waals surface area contributed by atoms with Crippen molar-refractivity contribution in [3.63, 3.8) is 0 Å². The molecule has 2 fully saturated rings. The fraction of sp³-hybridized carbons (Fsp3) is 0.632. The molecule has 2 atom stereocenters. The summed E-state index contributed by atoms with van der Waals surface area (Å²) in [5.41, 5.74) is 1.21. The third kappa shape index (κ3) is 3.06. The Morgan fingerprint density at radius 2 is 1.67 bits per heavy atom. The van der Waals surface area contributed by atoms with E-state index in [0.29, 0.717) is 17.9 Å². The molecule has 2 aliphatic rings. The van der Waals surface area contributed by atoms with E-state index in [0.717, 1.165) is 19.4 Å². The first-order chi connectivity index (χ1) is 9.95. The van der Waals surface area contributed by atoms with Crippen LogP contribution in [-0.4, -0.2) is 22.8 Å². The molecule has 0 aromatic heterocycles. The molecule has 2 aliphatic heterocycles. The van der Waals surface area contributed by atoms with Gasteiger partial charge in [0.1, 0.15) is 5.78 Å². The maximum atomic E-state index is 12.6. The molecule has 3 rings (SSSR count). The molecule has 0 N–H and O–H groups in total. The number of benzene rings is 1. The molecule has 1 aromatic rings. The summed E-state index contributed by atoms with van der Waals surface area (Å²) in [4.78, 5) is 15.2. The molecule has 1 aromatic carbocycles. The van der Waals surface area contributed by atoms with Crippen LogP contribution in [0.5, 0.6) is 0 Å². The summed E-state index contributed by atoms with van der Waals surface area (Å²) in [5, 5.41) is 0. The van der Waals surface area contributed by atoms with Gasteiger partial charge in [0, 0.05) is 30.0 Å². The van der Waals surface area contributed by atoms with Crippen LogP contribution in [0.4, 0.5) is 0 Å². The highest BCUT2D eigenvalue weighted by atomic mass is 16.1. The number of ketones is 1.